The molecule has 0 heteroatoms. The van der Waals surface area contributed by atoms with E-state index in [2.05, 4.69) is 30.9 Å². The lowest BCUT2D eigenvalue weighted by Crippen LogP contribution is -1.77. The van der Waals surface area contributed by atoms with Crippen molar-refractivity contribution in [1.82, 2.24) is 0 Å². The monoisotopic (exact) mass is 155 g/mol. The fourth-order valence-corrected chi connectivity index (χ4v) is 0.867. The summed E-state index contributed by atoms with van der Waals surface area (Å²) in [6.07, 6.45) is 4.26. The Balaban J connectivity index is 2.50. The largest absolute Gasteiger partial charge is 0.0937 e. The molecule has 12 heavy (non-hydrogen) atoms. The molecule has 0 aromatic heterocycles. The van der Waals surface area contributed by atoms with Gasteiger partial charge in [-0.05, 0) is 18.6 Å². The Morgan fingerprint density at radius 1 is 1.25 bits per heavy atom. The van der Waals surface area contributed by atoms with Crippen molar-refractivity contribution in [1.29, 1.82) is 0 Å². The van der Waals surface area contributed by atoms with E-state index >= 15 is 0 Å². The molecular formula is C12H11. The highest BCUT2D eigenvalue weighted by Crippen LogP contribution is 1.97. The van der Waals surface area contributed by atoms with Gasteiger partial charge < -0.3 is 0 Å². The van der Waals surface area contributed by atoms with E-state index in [1.807, 2.05) is 18.2 Å². The lowest BCUT2D eigenvalue weighted by atomic mass is 10.2. The standard InChI is InChI=1S/C12H11/c1-2-3-4-6-9-12-10-7-5-8-11-12/h2-3,5,7-8,10-11H,1,9H2/b3-2+. The smallest absolute Gasteiger partial charge is 0.0343 e. The highest BCUT2D eigenvalue weighted by molar-refractivity contribution is 5.24. The Morgan fingerprint density at radius 3 is 2.67 bits per heavy atom. The first-order valence-corrected chi connectivity index (χ1v) is 3.90. The van der Waals surface area contributed by atoms with E-state index in [1.165, 1.54) is 5.56 Å². The molecule has 0 unspecified atom stereocenters. The van der Waals surface area contributed by atoms with E-state index in [0.29, 0.717) is 0 Å². The van der Waals surface area contributed by atoms with Gasteiger partial charge in [0.1, 0.15) is 0 Å². The predicted molar refractivity (Wildman–Crippen MR) is 52.4 cm³/mol. The van der Waals surface area contributed by atoms with Crippen molar-refractivity contribution in [2.24, 2.45) is 0 Å². The van der Waals surface area contributed by atoms with E-state index < -0.39 is 0 Å². The minimum atomic E-state index is 0.811. The van der Waals surface area contributed by atoms with Crippen molar-refractivity contribution in [3.63, 3.8) is 0 Å². The summed E-state index contributed by atoms with van der Waals surface area (Å²) < 4.78 is 0. The van der Waals surface area contributed by atoms with Gasteiger partial charge in [-0.25, -0.2) is 0 Å². The van der Waals surface area contributed by atoms with Gasteiger partial charge in [0.25, 0.3) is 0 Å². The average Bonchev–Trinajstić information content (AvgIpc) is 2.14. The molecule has 0 aliphatic carbocycles. The SMILES string of the molecule is [CH2]/C=C/C#CCc1ccccc1. The van der Waals surface area contributed by atoms with Gasteiger partial charge in [-0.3, -0.25) is 0 Å². The van der Waals surface area contributed by atoms with Crippen LogP contribution in [0.3, 0.4) is 0 Å². The van der Waals surface area contributed by atoms with Crippen LogP contribution in [0.4, 0.5) is 0 Å². The van der Waals surface area contributed by atoms with Crippen molar-refractivity contribution in [2.45, 2.75) is 6.42 Å². The van der Waals surface area contributed by atoms with Gasteiger partial charge >= 0.3 is 0 Å². The van der Waals surface area contributed by atoms with Crippen LogP contribution in [-0.2, 0) is 6.42 Å². The van der Waals surface area contributed by atoms with Crippen LogP contribution in [0.25, 0.3) is 0 Å². The van der Waals surface area contributed by atoms with Gasteiger partial charge in [-0.1, -0.05) is 48.2 Å². The Hall–Kier alpha value is -1.48. The van der Waals surface area contributed by atoms with E-state index in [4.69, 9.17) is 0 Å². The number of rotatable bonds is 1. The first kappa shape index (κ1) is 8.62. The van der Waals surface area contributed by atoms with Crippen LogP contribution in [0.2, 0.25) is 0 Å². The fourth-order valence-electron chi connectivity index (χ4n) is 0.867. The van der Waals surface area contributed by atoms with Crippen molar-refractivity contribution < 1.29 is 0 Å². The van der Waals surface area contributed by atoms with Gasteiger partial charge in [0.05, 0.1) is 0 Å². The zero-order chi connectivity index (χ0) is 8.65. The Bertz CT molecular complexity index is 296. The molecule has 0 nitrogen and oxygen atoms in total. The topological polar surface area (TPSA) is 0 Å². The van der Waals surface area contributed by atoms with Crippen molar-refractivity contribution in [3.05, 3.63) is 55.0 Å². The lowest BCUT2D eigenvalue weighted by molar-refractivity contribution is 1.32. The maximum atomic E-state index is 3.55. The molecule has 1 radical (unpaired) electrons. The van der Waals surface area contributed by atoms with Gasteiger partial charge in [0.2, 0.25) is 0 Å². The Kier molecular flexibility index (Phi) is 3.74. The number of allylic oxidation sites excluding steroid dienone is 2. The summed E-state index contributed by atoms with van der Waals surface area (Å²) in [5.74, 6) is 5.92. The van der Waals surface area contributed by atoms with E-state index in [0.717, 1.165) is 6.42 Å². The zero-order valence-electron chi connectivity index (χ0n) is 6.96. The van der Waals surface area contributed by atoms with Crippen molar-refractivity contribution in [3.8, 4) is 11.8 Å². The third kappa shape index (κ3) is 3.07. The van der Waals surface area contributed by atoms with Crippen LogP contribution in [-0.4, -0.2) is 0 Å². The zero-order valence-corrected chi connectivity index (χ0v) is 6.96. The highest BCUT2D eigenvalue weighted by Gasteiger charge is 1.83. The number of hydrogen-bond acceptors (Lipinski definition) is 0. The molecule has 0 aliphatic heterocycles. The fraction of sp³-hybridized carbons (Fsp3) is 0.0833. The van der Waals surface area contributed by atoms with E-state index in [1.54, 1.807) is 12.2 Å². The van der Waals surface area contributed by atoms with E-state index in [-0.39, 0.29) is 0 Å². The molecule has 1 aromatic carbocycles. The van der Waals surface area contributed by atoms with Crippen LogP contribution in [0.1, 0.15) is 5.56 Å². The van der Waals surface area contributed by atoms with Crippen LogP contribution >= 0.6 is 0 Å². The molecule has 0 spiro atoms. The summed E-state index contributed by atoms with van der Waals surface area (Å²) in [4.78, 5) is 0. The maximum Gasteiger partial charge on any atom is 0.0343 e. The third-order valence-electron chi connectivity index (χ3n) is 1.44. The normalized spacial score (nSPS) is 9.42. The quantitative estimate of drug-likeness (QED) is 0.547. The number of benzene rings is 1. The van der Waals surface area contributed by atoms with Gasteiger partial charge in [-0.2, -0.15) is 0 Å². The maximum absolute atomic E-state index is 3.55. The summed E-state index contributed by atoms with van der Waals surface area (Å²) in [7, 11) is 0. The Morgan fingerprint density at radius 2 is 2.00 bits per heavy atom. The first-order chi connectivity index (χ1) is 5.93. The molecule has 0 bridgehead atoms. The van der Waals surface area contributed by atoms with Crippen LogP contribution in [0.5, 0.6) is 0 Å². The summed E-state index contributed by atoms with van der Waals surface area (Å²) in [6, 6.07) is 10.2. The first-order valence-electron chi connectivity index (χ1n) is 3.90. The summed E-state index contributed by atoms with van der Waals surface area (Å²) in [5, 5.41) is 0. The van der Waals surface area contributed by atoms with E-state index in [9.17, 15) is 0 Å². The second-order valence-corrected chi connectivity index (χ2v) is 2.39. The predicted octanol–water partition coefficient (Wildman–Crippen LogP) is 2.62. The molecule has 0 aliphatic rings. The number of hydrogen-bond donors (Lipinski definition) is 0. The molecule has 59 valence electrons. The second-order valence-electron chi connectivity index (χ2n) is 2.39. The second kappa shape index (κ2) is 5.21. The molecule has 0 N–H and O–H groups in total. The molecule has 0 atom stereocenters. The molecule has 0 heterocycles. The molecule has 0 saturated heterocycles. The minimum absolute atomic E-state index is 0.811. The third-order valence-corrected chi connectivity index (χ3v) is 1.44. The molecule has 1 aromatic rings. The summed E-state index contributed by atoms with van der Waals surface area (Å²) in [6.45, 7) is 3.55. The average molecular weight is 155 g/mol. The summed E-state index contributed by atoms with van der Waals surface area (Å²) >= 11 is 0. The van der Waals surface area contributed by atoms with Crippen molar-refractivity contribution >= 4 is 0 Å². The highest BCUT2D eigenvalue weighted by atomic mass is 13.9. The van der Waals surface area contributed by atoms with Gasteiger partial charge in [0, 0.05) is 6.42 Å². The Labute approximate surface area is 73.9 Å². The molecule has 0 fully saturated rings. The molecule has 0 saturated carbocycles. The van der Waals surface area contributed by atoms with Gasteiger partial charge in [0.15, 0.2) is 0 Å². The van der Waals surface area contributed by atoms with Crippen LogP contribution < -0.4 is 0 Å². The van der Waals surface area contributed by atoms with Crippen LogP contribution in [0.15, 0.2) is 42.5 Å². The van der Waals surface area contributed by atoms with Crippen molar-refractivity contribution in [2.75, 3.05) is 0 Å². The van der Waals surface area contributed by atoms with Gasteiger partial charge in [-0.15, -0.1) is 0 Å². The lowest BCUT2D eigenvalue weighted by Gasteiger charge is -1.90. The molecule has 0 amide bonds. The minimum Gasteiger partial charge on any atom is -0.0937 e. The van der Waals surface area contributed by atoms with Crippen LogP contribution in [0, 0.1) is 18.8 Å². The molecular weight excluding hydrogens is 144 g/mol. The molecule has 1 rings (SSSR count). The summed E-state index contributed by atoms with van der Waals surface area (Å²) in [5.41, 5.74) is 1.25.